The highest BCUT2D eigenvalue weighted by atomic mass is 32.2. The van der Waals surface area contributed by atoms with Crippen molar-refractivity contribution in [3.8, 4) is 5.75 Å². The number of aliphatic hydroxyl groups excluding tert-OH is 1. The van der Waals surface area contributed by atoms with Gasteiger partial charge < -0.3 is 14.6 Å². The van der Waals surface area contributed by atoms with E-state index in [0.29, 0.717) is 54.9 Å². The number of ether oxygens (including phenoxy) is 2. The van der Waals surface area contributed by atoms with Crippen molar-refractivity contribution in [3.63, 3.8) is 0 Å². The third-order valence-corrected chi connectivity index (χ3v) is 7.62. The molecule has 180 valence electrons. The molecule has 1 heterocycles. The zero-order valence-electron chi connectivity index (χ0n) is 19.3. The van der Waals surface area contributed by atoms with E-state index in [0.717, 1.165) is 5.56 Å². The smallest absolute Gasteiger partial charge is 0.337 e. The van der Waals surface area contributed by atoms with Gasteiger partial charge in [0.1, 0.15) is 18.5 Å². The minimum atomic E-state index is -3.53. The lowest BCUT2D eigenvalue weighted by molar-refractivity contribution is 0.0566. The van der Waals surface area contributed by atoms with Gasteiger partial charge >= 0.3 is 5.97 Å². The fourth-order valence-electron chi connectivity index (χ4n) is 3.67. The Balaban J connectivity index is 1.46. The molecule has 1 aliphatic heterocycles. The summed E-state index contributed by atoms with van der Waals surface area (Å²) in [5.74, 6) is 0.469. The van der Waals surface area contributed by atoms with Crippen molar-refractivity contribution in [2.75, 3.05) is 46.4 Å². The molecule has 0 amide bonds. The highest BCUT2D eigenvalue weighted by molar-refractivity contribution is 7.89. The van der Waals surface area contributed by atoms with Crippen molar-refractivity contribution in [1.82, 2.24) is 9.21 Å². The molecular weight excluding hydrogens is 444 g/mol. The van der Waals surface area contributed by atoms with Crippen LogP contribution in [0.4, 0.5) is 0 Å². The number of piperazine rings is 1. The summed E-state index contributed by atoms with van der Waals surface area (Å²) in [5, 5.41) is 10.3. The average molecular weight is 477 g/mol. The van der Waals surface area contributed by atoms with E-state index >= 15 is 0 Å². The molecule has 3 rings (SSSR count). The van der Waals surface area contributed by atoms with Crippen LogP contribution in [0.2, 0.25) is 0 Å². The maximum absolute atomic E-state index is 13.0. The molecule has 1 atom stereocenters. The summed E-state index contributed by atoms with van der Waals surface area (Å²) in [6.45, 7) is 6.44. The van der Waals surface area contributed by atoms with Crippen molar-refractivity contribution >= 4 is 16.0 Å². The normalized spacial score (nSPS) is 16.5. The van der Waals surface area contributed by atoms with E-state index in [2.05, 4.69) is 18.6 Å². The van der Waals surface area contributed by atoms with Crippen LogP contribution in [0.5, 0.6) is 5.75 Å². The molecule has 0 unspecified atom stereocenters. The summed E-state index contributed by atoms with van der Waals surface area (Å²) in [6.07, 6.45) is -0.725. The molecule has 0 aromatic heterocycles. The number of hydrogen-bond donors (Lipinski definition) is 1. The van der Waals surface area contributed by atoms with E-state index < -0.39 is 22.1 Å². The number of hydrogen-bond acceptors (Lipinski definition) is 7. The summed E-state index contributed by atoms with van der Waals surface area (Å²) in [7, 11) is -2.21. The Morgan fingerprint density at radius 2 is 1.61 bits per heavy atom. The van der Waals surface area contributed by atoms with Crippen LogP contribution in [-0.4, -0.2) is 81.2 Å². The van der Waals surface area contributed by atoms with E-state index in [1.54, 1.807) is 36.4 Å². The molecule has 8 nitrogen and oxygen atoms in total. The number of aliphatic hydroxyl groups is 1. The number of methoxy groups -OCH3 is 1. The Kier molecular flexibility index (Phi) is 8.47. The second kappa shape index (κ2) is 11.1. The van der Waals surface area contributed by atoms with E-state index in [9.17, 15) is 18.3 Å². The van der Waals surface area contributed by atoms with Crippen LogP contribution >= 0.6 is 0 Å². The Morgan fingerprint density at radius 3 is 2.15 bits per heavy atom. The SMILES string of the molecule is COC(=O)c1ccc(OC[C@H](O)CN2CCN(S(=O)(=O)c3ccc(C(C)C)cc3)CC2)cc1. The van der Waals surface area contributed by atoms with Gasteiger partial charge in [-0.25, -0.2) is 13.2 Å². The number of esters is 1. The predicted octanol–water partition coefficient (Wildman–Crippen LogP) is 2.34. The van der Waals surface area contributed by atoms with Crippen LogP contribution in [0.1, 0.15) is 35.7 Å². The lowest BCUT2D eigenvalue weighted by Crippen LogP contribution is -2.50. The summed E-state index contributed by atoms with van der Waals surface area (Å²) in [5.41, 5.74) is 1.53. The molecule has 33 heavy (non-hydrogen) atoms. The van der Waals surface area contributed by atoms with Crippen LogP contribution in [0.15, 0.2) is 53.4 Å². The van der Waals surface area contributed by atoms with E-state index in [1.165, 1.54) is 11.4 Å². The van der Waals surface area contributed by atoms with Gasteiger partial charge in [-0.05, 0) is 47.9 Å². The lowest BCUT2D eigenvalue weighted by Gasteiger charge is -2.34. The molecular formula is C24H32N2O6S. The first-order valence-corrected chi connectivity index (χ1v) is 12.5. The number of carbonyl (C=O) groups excluding carboxylic acids is 1. The maximum atomic E-state index is 13.0. The van der Waals surface area contributed by atoms with Gasteiger partial charge in [0, 0.05) is 32.7 Å². The lowest BCUT2D eigenvalue weighted by atomic mass is 10.0. The summed E-state index contributed by atoms with van der Waals surface area (Å²) in [6, 6.07) is 13.6. The molecule has 0 radical (unpaired) electrons. The second-order valence-corrected chi connectivity index (χ2v) is 10.3. The van der Waals surface area contributed by atoms with Gasteiger partial charge in [0.05, 0.1) is 17.6 Å². The minimum Gasteiger partial charge on any atom is -0.491 e. The van der Waals surface area contributed by atoms with Gasteiger partial charge in [-0.15, -0.1) is 0 Å². The monoisotopic (exact) mass is 476 g/mol. The third-order valence-electron chi connectivity index (χ3n) is 5.70. The maximum Gasteiger partial charge on any atom is 0.337 e. The number of carbonyl (C=O) groups is 1. The van der Waals surface area contributed by atoms with Crippen LogP contribution in [0, 0.1) is 0 Å². The molecule has 0 saturated carbocycles. The summed E-state index contributed by atoms with van der Waals surface area (Å²) >= 11 is 0. The van der Waals surface area contributed by atoms with Gasteiger partial charge in [-0.3, -0.25) is 4.90 Å². The molecule has 1 saturated heterocycles. The van der Waals surface area contributed by atoms with Crippen LogP contribution in [-0.2, 0) is 14.8 Å². The van der Waals surface area contributed by atoms with Gasteiger partial charge in [0.25, 0.3) is 0 Å². The first-order valence-electron chi connectivity index (χ1n) is 11.0. The van der Waals surface area contributed by atoms with Crippen molar-refractivity contribution in [2.45, 2.75) is 30.8 Å². The first kappa shape index (κ1) is 25.2. The Labute approximate surface area is 195 Å². The standard InChI is InChI=1S/C24H32N2O6S/c1-18(2)19-6-10-23(11-7-19)33(29,30)26-14-12-25(13-15-26)16-21(27)17-32-22-8-4-20(5-9-22)24(28)31-3/h4-11,18,21,27H,12-17H2,1-3H3/t21-/m1/s1. The minimum absolute atomic E-state index is 0.0955. The van der Waals surface area contributed by atoms with E-state index in [4.69, 9.17) is 4.74 Å². The first-order chi connectivity index (χ1) is 15.7. The predicted molar refractivity (Wildman–Crippen MR) is 125 cm³/mol. The second-order valence-electron chi connectivity index (χ2n) is 8.41. The number of nitrogens with zero attached hydrogens (tertiary/aromatic N) is 2. The summed E-state index contributed by atoms with van der Waals surface area (Å²) in [4.78, 5) is 13.8. The van der Waals surface area contributed by atoms with E-state index in [-0.39, 0.29) is 6.61 Å². The Morgan fingerprint density at radius 1 is 1.00 bits per heavy atom. The van der Waals surface area contributed by atoms with Crippen LogP contribution < -0.4 is 4.74 Å². The van der Waals surface area contributed by atoms with Crippen molar-refractivity contribution in [3.05, 3.63) is 59.7 Å². The quantitative estimate of drug-likeness (QED) is 0.555. The molecule has 0 bridgehead atoms. The fraction of sp³-hybridized carbons (Fsp3) is 0.458. The fourth-order valence-corrected chi connectivity index (χ4v) is 5.10. The zero-order chi connectivity index (χ0) is 24.0. The highest BCUT2D eigenvalue weighted by Crippen LogP contribution is 2.21. The molecule has 9 heteroatoms. The number of rotatable bonds is 9. The molecule has 1 fully saturated rings. The van der Waals surface area contributed by atoms with Crippen molar-refractivity contribution in [1.29, 1.82) is 0 Å². The molecule has 2 aromatic carbocycles. The third kappa shape index (κ3) is 6.54. The molecule has 2 aromatic rings. The number of benzene rings is 2. The largest absolute Gasteiger partial charge is 0.491 e. The molecule has 0 spiro atoms. The van der Waals surface area contributed by atoms with Gasteiger partial charge in [-0.1, -0.05) is 26.0 Å². The van der Waals surface area contributed by atoms with Crippen LogP contribution in [0.25, 0.3) is 0 Å². The topological polar surface area (TPSA) is 96.4 Å². The molecule has 0 aliphatic carbocycles. The Bertz CT molecular complexity index is 1010. The van der Waals surface area contributed by atoms with Gasteiger partial charge in [0.2, 0.25) is 10.0 Å². The Hall–Kier alpha value is -2.46. The van der Waals surface area contributed by atoms with Gasteiger partial charge in [-0.2, -0.15) is 4.31 Å². The zero-order valence-corrected chi connectivity index (χ0v) is 20.1. The molecule has 1 aliphatic rings. The van der Waals surface area contributed by atoms with E-state index in [1.807, 2.05) is 17.0 Å². The number of β-amino-alcohol motifs (C(OH)–C–C–N with tert-alkyl or cyclic N) is 1. The number of sulfonamides is 1. The van der Waals surface area contributed by atoms with Gasteiger partial charge in [0.15, 0.2) is 0 Å². The highest BCUT2D eigenvalue weighted by Gasteiger charge is 2.29. The average Bonchev–Trinajstić information content (AvgIpc) is 2.83. The van der Waals surface area contributed by atoms with Crippen LogP contribution in [0.3, 0.4) is 0 Å². The van der Waals surface area contributed by atoms with Crippen molar-refractivity contribution < 1.29 is 27.8 Å². The summed E-state index contributed by atoms with van der Waals surface area (Å²) < 4.78 is 37.7. The molecule has 1 N–H and O–H groups in total. The van der Waals surface area contributed by atoms with Crippen molar-refractivity contribution in [2.24, 2.45) is 0 Å².